The minimum absolute atomic E-state index is 0.00796. The third kappa shape index (κ3) is 3.88. The zero-order valence-electron chi connectivity index (χ0n) is 13.3. The molecular formula is C16H18N4O3S. The van der Waals surface area contributed by atoms with E-state index in [2.05, 4.69) is 9.97 Å². The Morgan fingerprint density at radius 1 is 1.38 bits per heavy atom. The molecule has 0 N–H and O–H groups in total. The van der Waals surface area contributed by atoms with Crippen LogP contribution in [0.3, 0.4) is 0 Å². The van der Waals surface area contributed by atoms with Gasteiger partial charge in [0.05, 0.1) is 0 Å². The lowest BCUT2D eigenvalue weighted by atomic mass is 10.1. The number of carbonyl (C=O) groups excluding carboxylic acids is 2. The molecule has 126 valence electrons. The highest BCUT2D eigenvalue weighted by molar-refractivity contribution is 7.10. The molecule has 3 heterocycles. The van der Waals surface area contributed by atoms with E-state index < -0.39 is 5.97 Å². The van der Waals surface area contributed by atoms with E-state index in [9.17, 15) is 9.59 Å². The van der Waals surface area contributed by atoms with Crippen molar-refractivity contribution >= 4 is 29.2 Å². The maximum Gasteiger partial charge on any atom is 0.326 e. The van der Waals surface area contributed by atoms with Gasteiger partial charge in [-0.2, -0.15) is 0 Å². The van der Waals surface area contributed by atoms with Crippen LogP contribution in [0.2, 0.25) is 0 Å². The molecule has 7 nitrogen and oxygen atoms in total. The number of aromatic nitrogens is 2. The SMILES string of the molecule is CN(CC(=O)OCC(=O)N1CCc2sccc2C1)c1ncccn1. The first kappa shape index (κ1) is 16.4. The summed E-state index contributed by atoms with van der Waals surface area (Å²) in [5, 5.41) is 2.04. The van der Waals surface area contributed by atoms with Crippen LogP contribution >= 0.6 is 11.3 Å². The number of carbonyl (C=O) groups is 2. The van der Waals surface area contributed by atoms with Gasteiger partial charge >= 0.3 is 5.97 Å². The Bertz CT molecular complexity index is 719. The van der Waals surface area contributed by atoms with Crippen molar-refractivity contribution in [2.24, 2.45) is 0 Å². The molecule has 3 rings (SSSR count). The monoisotopic (exact) mass is 346 g/mol. The lowest BCUT2D eigenvalue weighted by Crippen LogP contribution is -2.39. The van der Waals surface area contributed by atoms with E-state index >= 15 is 0 Å². The van der Waals surface area contributed by atoms with Crippen molar-refractivity contribution in [3.63, 3.8) is 0 Å². The molecule has 0 unspecified atom stereocenters. The zero-order valence-corrected chi connectivity index (χ0v) is 14.2. The Kier molecular flexibility index (Phi) is 5.05. The van der Waals surface area contributed by atoms with E-state index in [1.54, 1.807) is 46.6 Å². The fourth-order valence-corrected chi connectivity index (χ4v) is 3.38. The van der Waals surface area contributed by atoms with Crippen LogP contribution < -0.4 is 4.90 Å². The van der Waals surface area contributed by atoms with Crippen molar-refractivity contribution in [2.45, 2.75) is 13.0 Å². The van der Waals surface area contributed by atoms with Crippen LogP contribution in [0.25, 0.3) is 0 Å². The van der Waals surface area contributed by atoms with Crippen molar-refractivity contribution in [2.75, 3.05) is 31.6 Å². The van der Waals surface area contributed by atoms with Gasteiger partial charge in [0.25, 0.3) is 5.91 Å². The minimum atomic E-state index is -0.480. The Balaban J connectivity index is 1.45. The van der Waals surface area contributed by atoms with Crippen LogP contribution in [0.5, 0.6) is 0 Å². The van der Waals surface area contributed by atoms with Gasteiger partial charge < -0.3 is 14.5 Å². The number of amides is 1. The number of ether oxygens (including phenoxy) is 1. The van der Waals surface area contributed by atoms with Gasteiger partial charge in [-0.3, -0.25) is 9.59 Å². The quantitative estimate of drug-likeness (QED) is 0.755. The summed E-state index contributed by atoms with van der Waals surface area (Å²) in [7, 11) is 1.70. The standard InChI is InChI=1S/C16H18N4O3S/c1-19(16-17-5-2-6-18-16)10-15(22)23-11-14(21)20-7-3-13-12(9-20)4-8-24-13/h2,4-6,8H,3,7,9-11H2,1H3. The molecule has 0 aromatic carbocycles. The molecule has 0 spiro atoms. The lowest BCUT2D eigenvalue weighted by molar-refractivity contribution is -0.151. The number of nitrogens with zero attached hydrogens (tertiary/aromatic N) is 4. The Labute approximate surface area is 143 Å². The maximum atomic E-state index is 12.2. The Morgan fingerprint density at radius 3 is 2.96 bits per heavy atom. The molecule has 0 aliphatic carbocycles. The largest absolute Gasteiger partial charge is 0.454 e. The molecule has 0 bridgehead atoms. The summed E-state index contributed by atoms with van der Waals surface area (Å²) in [5.74, 6) is -0.216. The lowest BCUT2D eigenvalue weighted by Gasteiger charge is -2.26. The summed E-state index contributed by atoms with van der Waals surface area (Å²) < 4.78 is 5.09. The minimum Gasteiger partial charge on any atom is -0.454 e. The van der Waals surface area contributed by atoms with Crippen molar-refractivity contribution in [1.29, 1.82) is 0 Å². The Morgan fingerprint density at radius 2 is 2.17 bits per heavy atom. The van der Waals surface area contributed by atoms with E-state index in [-0.39, 0.29) is 19.1 Å². The fourth-order valence-electron chi connectivity index (χ4n) is 2.49. The number of fused-ring (bicyclic) bond motifs is 1. The van der Waals surface area contributed by atoms with Crippen LogP contribution in [0.15, 0.2) is 29.9 Å². The molecule has 1 aliphatic heterocycles. The van der Waals surface area contributed by atoms with Crippen molar-refractivity contribution in [3.05, 3.63) is 40.3 Å². The van der Waals surface area contributed by atoms with Gasteiger partial charge in [0.2, 0.25) is 5.95 Å². The average molecular weight is 346 g/mol. The van der Waals surface area contributed by atoms with E-state index in [1.165, 1.54) is 10.4 Å². The first-order valence-electron chi connectivity index (χ1n) is 7.60. The van der Waals surface area contributed by atoms with E-state index in [1.807, 2.05) is 11.4 Å². The van der Waals surface area contributed by atoms with Gasteiger partial charge in [-0.15, -0.1) is 11.3 Å². The van der Waals surface area contributed by atoms with Crippen LogP contribution in [0.4, 0.5) is 5.95 Å². The van der Waals surface area contributed by atoms with Crippen LogP contribution in [-0.4, -0.2) is 53.5 Å². The molecule has 0 fully saturated rings. The number of rotatable bonds is 5. The predicted octanol–water partition coefficient (Wildman–Crippen LogP) is 1.10. The fraction of sp³-hybridized carbons (Fsp3) is 0.375. The topological polar surface area (TPSA) is 75.6 Å². The summed E-state index contributed by atoms with van der Waals surface area (Å²) in [6, 6.07) is 3.74. The third-order valence-corrected chi connectivity index (χ3v) is 4.80. The number of anilines is 1. The molecule has 0 saturated heterocycles. The van der Waals surface area contributed by atoms with Crippen molar-refractivity contribution in [1.82, 2.24) is 14.9 Å². The highest BCUT2D eigenvalue weighted by Crippen LogP contribution is 2.23. The summed E-state index contributed by atoms with van der Waals surface area (Å²) in [6.07, 6.45) is 4.06. The molecule has 0 radical (unpaired) electrons. The van der Waals surface area contributed by atoms with E-state index in [0.717, 1.165) is 6.42 Å². The van der Waals surface area contributed by atoms with Crippen LogP contribution in [0.1, 0.15) is 10.4 Å². The van der Waals surface area contributed by atoms with Crippen LogP contribution in [-0.2, 0) is 27.3 Å². The molecular weight excluding hydrogens is 328 g/mol. The average Bonchev–Trinajstić information content (AvgIpc) is 3.08. The summed E-state index contributed by atoms with van der Waals surface area (Å²) in [5.41, 5.74) is 1.19. The summed E-state index contributed by atoms with van der Waals surface area (Å²) in [6.45, 7) is 1.02. The number of esters is 1. The van der Waals surface area contributed by atoms with Crippen molar-refractivity contribution in [3.8, 4) is 0 Å². The predicted molar refractivity (Wildman–Crippen MR) is 89.7 cm³/mol. The highest BCUT2D eigenvalue weighted by atomic mass is 32.1. The van der Waals surface area contributed by atoms with Gasteiger partial charge in [0.1, 0.15) is 6.54 Å². The van der Waals surface area contributed by atoms with Crippen molar-refractivity contribution < 1.29 is 14.3 Å². The number of likely N-dealkylation sites (N-methyl/N-ethyl adjacent to an activating group) is 1. The van der Waals surface area contributed by atoms with E-state index in [4.69, 9.17) is 4.74 Å². The molecule has 1 amide bonds. The van der Waals surface area contributed by atoms with Gasteiger partial charge in [-0.1, -0.05) is 0 Å². The van der Waals surface area contributed by atoms with Gasteiger partial charge in [0.15, 0.2) is 6.61 Å². The van der Waals surface area contributed by atoms with Crippen LogP contribution in [0, 0.1) is 0 Å². The second kappa shape index (κ2) is 7.39. The second-order valence-corrected chi connectivity index (χ2v) is 6.50. The highest BCUT2D eigenvalue weighted by Gasteiger charge is 2.22. The molecule has 0 saturated carbocycles. The zero-order chi connectivity index (χ0) is 16.9. The molecule has 2 aromatic rings. The summed E-state index contributed by atoms with van der Waals surface area (Å²) >= 11 is 1.72. The maximum absolute atomic E-state index is 12.2. The normalized spacial score (nSPS) is 13.3. The van der Waals surface area contributed by atoms with Gasteiger partial charge in [-0.25, -0.2) is 9.97 Å². The Hall–Kier alpha value is -2.48. The molecule has 2 aromatic heterocycles. The number of hydrogen-bond donors (Lipinski definition) is 0. The molecule has 0 atom stereocenters. The first-order chi connectivity index (χ1) is 11.6. The van der Waals surface area contributed by atoms with E-state index in [0.29, 0.717) is 19.0 Å². The third-order valence-electron chi connectivity index (χ3n) is 3.78. The van der Waals surface area contributed by atoms with Gasteiger partial charge in [-0.05, 0) is 29.5 Å². The molecule has 8 heteroatoms. The molecule has 24 heavy (non-hydrogen) atoms. The second-order valence-electron chi connectivity index (χ2n) is 5.50. The first-order valence-corrected chi connectivity index (χ1v) is 8.48. The number of hydrogen-bond acceptors (Lipinski definition) is 7. The molecule has 1 aliphatic rings. The summed E-state index contributed by atoms with van der Waals surface area (Å²) in [4.78, 5) is 36.8. The smallest absolute Gasteiger partial charge is 0.326 e. The number of thiophene rings is 1. The van der Waals surface area contributed by atoms with Gasteiger partial charge in [0, 0.05) is 37.4 Å².